The van der Waals surface area contributed by atoms with Crippen molar-refractivity contribution >= 4 is 18.0 Å². The monoisotopic (exact) mass is 452 g/mol. The summed E-state index contributed by atoms with van der Waals surface area (Å²) in [6, 6.07) is 16.3. The Labute approximate surface area is 188 Å². The number of alkyl halides is 2. The molecule has 3 heterocycles. The van der Waals surface area contributed by atoms with Gasteiger partial charge in [0.1, 0.15) is 11.9 Å². The molecule has 2 atom stereocenters. The lowest BCUT2D eigenvalue weighted by Crippen LogP contribution is -2.31. The van der Waals surface area contributed by atoms with Crippen LogP contribution in [0.4, 0.5) is 14.6 Å². The predicted octanol–water partition coefficient (Wildman–Crippen LogP) is 5.72. The molecule has 0 bridgehead atoms. The molecule has 0 saturated heterocycles. The first kappa shape index (κ1) is 20.6. The van der Waals surface area contributed by atoms with Crippen molar-refractivity contribution in [2.45, 2.75) is 38.3 Å². The molecular weight excluding hydrogens is 430 g/mol. The van der Waals surface area contributed by atoms with Gasteiger partial charge in [-0.3, -0.25) is 9.67 Å². The number of H-pyrrole nitrogens is 1. The van der Waals surface area contributed by atoms with Crippen molar-refractivity contribution in [3.63, 3.8) is 0 Å². The number of hydrogen-bond acceptors (Lipinski definition) is 4. The van der Waals surface area contributed by atoms with Crippen molar-refractivity contribution in [3.8, 4) is 17.1 Å². The number of anilines is 1. The number of hydrogen-bond donors (Lipinski definition) is 2. The van der Waals surface area contributed by atoms with Crippen LogP contribution in [0.15, 0.2) is 60.8 Å². The summed E-state index contributed by atoms with van der Waals surface area (Å²) in [4.78, 5) is 0. The second kappa shape index (κ2) is 8.31. The molecule has 0 unspecified atom stereocenters. The van der Waals surface area contributed by atoms with Crippen molar-refractivity contribution in [1.29, 1.82) is 0 Å². The Morgan fingerprint density at radius 2 is 1.88 bits per heavy atom. The van der Waals surface area contributed by atoms with E-state index in [0.29, 0.717) is 22.0 Å². The van der Waals surface area contributed by atoms with Gasteiger partial charge in [0.15, 0.2) is 10.6 Å². The number of para-hydroxylation sites is 1. The van der Waals surface area contributed by atoms with Gasteiger partial charge in [0, 0.05) is 0 Å². The van der Waals surface area contributed by atoms with E-state index < -0.39 is 12.5 Å². The minimum Gasteiger partial charge on any atom is -0.363 e. The summed E-state index contributed by atoms with van der Waals surface area (Å²) >= 11 is 5.53. The molecule has 9 heteroatoms. The van der Waals surface area contributed by atoms with E-state index in [4.69, 9.17) is 12.2 Å². The zero-order valence-corrected chi connectivity index (χ0v) is 18.2. The number of fused-ring (bicyclic) bond motifs is 1. The largest absolute Gasteiger partial charge is 0.363 e. The van der Waals surface area contributed by atoms with Gasteiger partial charge in [-0.15, -0.1) is 0 Å². The first-order valence-corrected chi connectivity index (χ1v) is 10.9. The van der Waals surface area contributed by atoms with Gasteiger partial charge in [0.05, 0.1) is 23.5 Å². The highest BCUT2D eigenvalue weighted by atomic mass is 32.1. The number of rotatable bonds is 5. The summed E-state index contributed by atoms with van der Waals surface area (Å²) in [6.45, 7) is 2.07. The molecule has 4 aromatic rings. The molecule has 6 nitrogen and oxygen atoms in total. The molecular formula is C23H22F2N6S. The third-order valence-electron chi connectivity index (χ3n) is 5.92. The Morgan fingerprint density at radius 3 is 2.62 bits per heavy atom. The highest BCUT2D eigenvalue weighted by Crippen LogP contribution is 2.42. The molecule has 2 N–H and O–H groups in total. The van der Waals surface area contributed by atoms with Gasteiger partial charge in [-0.05, 0) is 42.3 Å². The number of nitrogens with zero attached hydrogens (tertiary/aromatic N) is 4. The minimum absolute atomic E-state index is 0.237. The quantitative estimate of drug-likeness (QED) is 0.380. The number of aryl methyl sites for hydroxylation is 1. The molecule has 2 aromatic heterocycles. The first-order chi connectivity index (χ1) is 15.6. The van der Waals surface area contributed by atoms with Crippen molar-refractivity contribution in [3.05, 3.63) is 76.7 Å². The fraction of sp³-hybridized carbons (Fsp3) is 0.261. The zero-order chi connectivity index (χ0) is 22.2. The maximum Gasteiger partial charge on any atom is 0.260 e. The molecule has 1 aliphatic rings. The van der Waals surface area contributed by atoms with Crippen molar-refractivity contribution < 1.29 is 8.78 Å². The maximum atomic E-state index is 14.0. The first-order valence-electron chi connectivity index (χ1n) is 10.5. The van der Waals surface area contributed by atoms with Crippen LogP contribution in [0.3, 0.4) is 0 Å². The summed E-state index contributed by atoms with van der Waals surface area (Å²) in [7, 11) is 0. The van der Waals surface area contributed by atoms with Gasteiger partial charge >= 0.3 is 0 Å². The van der Waals surface area contributed by atoms with Crippen LogP contribution in [0.1, 0.15) is 36.6 Å². The van der Waals surface area contributed by atoms with E-state index in [9.17, 15) is 8.78 Å². The van der Waals surface area contributed by atoms with E-state index in [1.54, 1.807) is 6.20 Å². The van der Waals surface area contributed by atoms with E-state index in [-0.39, 0.29) is 12.5 Å². The van der Waals surface area contributed by atoms with Gasteiger partial charge in [-0.25, -0.2) is 13.5 Å². The van der Waals surface area contributed by atoms with Crippen molar-refractivity contribution in [2.75, 3.05) is 5.32 Å². The van der Waals surface area contributed by atoms with Crippen LogP contribution in [-0.4, -0.2) is 31.0 Å². The maximum absolute atomic E-state index is 14.0. The summed E-state index contributed by atoms with van der Waals surface area (Å²) in [5.41, 5.74) is 3.58. The second-order valence-corrected chi connectivity index (χ2v) is 8.15. The number of aromatic nitrogens is 5. The molecule has 2 aromatic carbocycles. The number of aromatic amines is 1. The molecule has 32 heavy (non-hydrogen) atoms. The Hall–Kier alpha value is -3.33. The molecule has 0 amide bonds. The fourth-order valence-corrected chi connectivity index (χ4v) is 4.56. The third-order valence-corrected chi connectivity index (χ3v) is 6.19. The summed E-state index contributed by atoms with van der Waals surface area (Å²) < 4.78 is 31.7. The van der Waals surface area contributed by atoms with Crippen LogP contribution in [0.5, 0.6) is 0 Å². The smallest absolute Gasteiger partial charge is 0.260 e. The standard InChI is InChI=1S/C23H22F2N6S/c1-2-14-8-6-7-11-18(14)30-22(28-29-23(30)32)16-13-26-31-19(20(24)25)12-17(27-21(16)31)15-9-4-3-5-10-15/h3-11,13,17,19-20,27H,2,12H2,1H3,(H,29,32)/t17-,19+/m1/s1. The average molecular weight is 453 g/mol. The van der Waals surface area contributed by atoms with Crippen LogP contribution < -0.4 is 5.32 Å². The van der Waals surface area contributed by atoms with Crippen LogP contribution in [-0.2, 0) is 6.42 Å². The third kappa shape index (κ3) is 3.42. The van der Waals surface area contributed by atoms with Gasteiger partial charge in [-0.2, -0.15) is 10.2 Å². The molecule has 0 radical (unpaired) electrons. The van der Waals surface area contributed by atoms with Crippen LogP contribution in [0, 0.1) is 4.77 Å². The highest BCUT2D eigenvalue weighted by Gasteiger charge is 2.36. The van der Waals surface area contributed by atoms with Gasteiger partial charge in [0.25, 0.3) is 6.43 Å². The van der Waals surface area contributed by atoms with E-state index >= 15 is 0 Å². The lowest BCUT2D eigenvalue weighted by Gasteiger charge is -2.32. The molecule has 164 valence electrons. The van der Waals surface area contributed by atoms with Gasteiger partial charge in [-0.1, -0.05) is 55.5 Å². The Morgan fingerprint density at radius 1 is 1.12 bits per heavy atom. The Balaban J connectivity index is 1.65. The summed E-state index contributed by atoms with van der Waals surface area (Å²) in [6.07, 6.45) is 0.0928. The zero-order valence-electron chi connectivity index (χ0n) is 17.4. The molecule has 0 aliphatic carbocycles. The Kier molecular flexibility index (Phi) is 5.34. The molecule has 0 saturated carbocycles. The lowest BCUT2D eigenvalue weighted by atomic mass is 9.97. The highest BCUT2D eigenvalue weighted by molar-refractivity contribution is 7.71. The summed E-state index contributed by atoms with van der Waals surface area (Å²) in [5, 5.41) is 15.1. The minimum atomic E-state index is -2.54. The second-order valence-electron chi connectivity index (χ2n) is 7.77. The number of benzene rings is 2. The SMILES string of the molecule is CCc1ccccc1-n1c(-c2cnn3c2N[C@@H](c2ccccc2)C[C@H]3C(F)F)n[nH]c1=S. The Bertz CT molecular complexity index is 1290. The van der Waals surface area contributed by atoms with Crippen molar-refractivity contribution in [1.82, 2.24) is 24.5 Å². The average Bonchev–Trinajstić information content (AvgIpc) is 3.41. The predicted molar refractivity (Wildman–Crippen MR) is 122 cm³/mol. The van der Waals surface area contributed by atoms with Gasteiger partial charge < -0.3 is 5.32 Å². The number of halogens is 2. The lowest BCUT2D eigenvalue weighted by molar-refractivity contribution is 0.0659. The normalized spacial score (nSPS) is 17.9. The van der Waals surface area contributed by atoms with E-state index in [1.807, 2.05) is 59.2 Å². The van der Waals surface area contributed by atoms with Crippen molar-refractivity contribution in [2.24, 2.45) is 0 Å². The molecule has 5 rings (SSSR count). The van der Waals surface area contributed by atoms with E-state index in [1.165, 1.54) is 4.68 Å². The molecule has 0 spiro atoms. The van der Waals surface area contributed by atoms with Crippen LogP contribution in [0.2, 0.25) is 0 Å². The van der Waals surface area contributed by atoms with Gasteiger partial charge in [0.2, 0.25) is 0 Å². The fourth-order valence-electron chi connectivity index (χ4n) is 4.33. The number of nitrogens with one attached hydrogen (secondary N) is 2. The molecule has 0 fully saturated rings. The van der Waals surface area contributed by atoms with Crippen LogP contribution >= 0.6 is 12.2 Å². The van der Waals surface area contributed by atoms with E-state index in [2.05, 4.69) is 27.5 Å². The van der Waals surface area contributed by atoms with Crippen LogP contribution in [0.25, 0.3) is 17.1 Å². The van der Waals surface area contributed by atoms with E-state index in [0.717, 1.165) is 23.2 Å². The molecule has 1 aliphatic heterocycles. The topological polar surface area (TPSA) is 63.5 Å². The summed E-state index contributed by atoms with van der Waals surface area (Å²) in [5.74, 6) is 1.05.